The molecule has 0 saturated carbocycles. The molecule has 0 amide bonds. The molecule has 12 heavy (non-hydrogen) atoms. The monoisotopic (exact) mass is 204 g/mol. The molecular weight excluding hydrogens is 192 g/mol. The number of para-hydroxylation sites is 1. The number of allylic oxidation sites excluding steroid dienone is 1. The Hall–Kier alpha value is -0.600. The van der Waals surface area contributed by atoms with Crippen LogP contribution >= 0.6 is 25.9 Å². The van der Waals surface area contributed by atoms with Crippen LogP contribution in [0.2, 0.25) is 0 Å². The van der Waals surface area contributed by atoms with E-state index < -0.39 is 0 Å². The molecule has 3 heteroatoms. The summed E-state index contributed by atoms with van der Waals surface area (Å²) in [7, 11) is 0. The molecule has 0 bridgehead atoms. The Morgan fingerprint density at radius 3 is 2.42 bits per heavy atom. The van der Waals surface area contributed by atoms with Crippen molar-refractivity contribution in [3.63, 3.8) is 0 Å². The Morgan fingerprint density at radius 1 is 1.33 bits per heavy atom. The van der Waals surface area contributed by atoms with Crippen molar-refractivity contribution in [2.24, 2.45) is 0 Å². The molecule has 0 unspecified atom stereocenters. The van der Waals surface area contributed by atoms with Crippen molar-refractivity contribution in [3.8, 4) is 5.75 Å². The van der Waals surface area contributed by atoms with E-state index in [1.165, 1.54) is 0 Å². The predicted molar refractivity (Wildman–Crippen MR) is 59.6 cm³/mol. The fourth-order valence-corrected chi connectivity index (χ4v) is 0.839. The Morgan fingerprint density at radius 2 is 1.92 bits per heavy atom. The van der Waals surface area contributed by atoms with E-state index in [0.29, 0.717) is 5.75 Å². The average Bonchev–Trinajstić information content (AvgIpc) is 1.94. The lowest BCUT2D eigenvalue weighted by Gasteiger charge is -1.97. The zero-order valence-electron chi connectivity index (χ0n) is 6.66. The second kappa shape index (κ2) is 7.07. The zero-order valence-corrected chi connectivity index (χ0v) is 8.47. The lowest BCUT2D eigenvalue weighted by molar-refractivity contribution is 0.470. The molecule has 0 spiro atoms. The van der Waals surface area contributed by atoms with Gasteiger partial charge in [-0.15, -0.1) is 19.0 Å². The fourth-order valence-electron chi connectivity index (χ4n) is 0.839. The van der Waals surface area contributed by atoms with E-state index in [2.05, 4.69) is 6.58 Å². The van der Waals surface area contributed by atoms with Crippen LogP contribution < -0.4 is 0 Å². The van der Waals surface area contributed by atoms with Gasteiger partial charge in [-0.05, 0) is 18.1 Å². The molecule has 0 fully saturated rings. The van der Waals surface area contributed by atoms with Crippen LogP contribution in [-0.4, -0.2) is 5.11 Å². The molecule has 1 aromatic carbocycles. The second-order valence-corrected chi connectivity index (χ2v) is 2.12. The van der Waals surface area contributed by atoms with Crippen molar-refractivity contribution in [1.82, 2.24) is 0 Å². The molecule has 1 nitrogen and oxygen atoms in total. The van der Waals surface area contributed by atoms with Gasteiger partial charge in [-0.3, -0.25) is 0 Å². The fraction of sp³-hybridized carbons (Fsp3) is 0.111. The van der Waals surface area contributed by atoms with E-state index in [1.54, 1.807) is 12.1 Å². The van der Waals surface area contributed by atoms with Gasteiger partial charge in [0.15, 0.2) is 0 Å². The highest BCUT2D eigenvalue weighted by atomic mass is 35.5. The summed E-state index contributed by atoms with van der Waals surface area (Å²) in [6.07, 6.45) is 2.50. The Balaban J connectivity index is 0. The molecule has 0 aliphatic carbocycles. The summed E-state index contributed by atoms with van der Waals surface area (Å²) in [5.74, 6) is 0.349. The maximum absolute atomic E-state index is 9.19. The number of aromatic hydroxyl groups is 1. The number of benzene rings is 1. The minimum absolute atomic E-state index is 0. The molecule has 0 saturated heterocycles. The molecule has 0 atom stereocenters. The summed E-state index contributed by atoms with van der Waals surface area (Å²) in [5.41, 5.74) is 0.928. The largest absolute Gasteiger partial charge is 0.508 e. The number of hydrogen-bond donors (Lipinski definition) is 1. The van der Waals surface area contributed by atoms with Crippen LogP contribution in [0, 0.1) is 0 Å². The average molecular weight is 205 g/mol. The molecule has 68 valence electrons. The van der Waals surface area contributed by atoms with Gasteiger partial charge in [0.05, 0.1) is 0 Å². The highest BCUT2D eigenvalue weighted by Gasteiger charge is 1.93. The van der Waals surface area contributed by atoms with Gasteiger partial charge in [0.2, 0.25) is 0 Å². The van der Waals surface area contributed by atoms with E-state index >= 15 is 0 Å². The highest BCUT2D eigenvalue weighted by molar-refractivity contribution is 7.59. The van der Waals surface area contributed by atoms with Gasteiger partial charge in [0.25, 0.3) is 0 Å². The summed E-state index contributed by atoms with van der Waals surface area (Å²) >= 11 is 0. The molecule has 0 aliphatic rings. The topological polar surface area (TPSA) is 20.2 Å². The van der Waals surface area contributed by atoms with Crippen LogP contribution in [0.5, 0.6) is 5.75 Å². The molecular formula is C9H13ClOS. The van der Waals surface area contributed by atoms with Crippen molar-refractivity contribution in [1.29, 1.82) is 0 Å². The zero-order chi connectivity index (χ0) is 7.40. The van der Waals surface area contributed by atoms with Gasteiger partial charge in [-0.25, -0.2) is 0 Å². The van der Waals surface area contributed by atoms with Crippen LogP contribution in [-0.2, 0) is 6.42 Å². The summed E-state index contributed by atoms with van der Waals surface area (Å²) < 4.78 is 0. The minimum Gasteiger partial charge on any atom is -0.508 e. The lowest BCUT2D eigenvalue weighted by atomic mass is 10.1. The maximum Gasteiger partial charge on any atom is 0.119 e. The third kappa shape index (κ3) is 3.69. The first-order valence-electron chi connectivity index (χ1n) is 3.22. The van der Waals surface area contributed by atoms with Crippen molar-refractivity contribution >= 4 is 25.9 Å². The second-order valence-electron chi connectivity index (χ2n) is 2.12. The Kier molecular flexibility index (Phi) is 8.22. The lowest BCUT2D eigenvalue weighted by Crippen LogP contribution is -1.79. The third-order valence-corrected chi connectivity index (χ3v) is 1.36. The van der Waals surface area contributed by atoms with E-state index in [9.17, 15) is 5.11 Å². The highest BCUT2D eigenvalue weighted by Crippen LogP contribution is 2.15. The summed E-state index contributed by atoms with van der Waals surface area (Å²) in [4.78, 5) is 0. The molecule has 1 N–H and O–H groups in total. The van der Waals surface area contributed by atoms with E-state index in [1.807, 2.05) is 18.2 Å². The van der Waals surface area contributed by atoms with Gasteiger partial charge >= 0.3 is 0 Å². The van der Waals surface area contributed by atoms with Crippen LogP contribution in [0.25, 0.3) is 0 Å². The molecule has 0 radical (unpaired) electrons. The molecule has 0 heterocycles. The van der Waals surface area contributed by atoms with E-state index in [4.69, 9.17) is 0 Å². The molecule has 1 aromatic rings. The van der Waals surface area contributed by atoms with E-state index in [0.717, 1.165) is 12.0 Å². The Labute approximate surface area is 86.0 Å². The van der Waals surface area contributed by atoms with Gasteiger partial charge in [0.1, 0.15) is 5.75 Å². The molecule has 0 aliphatic heterocycles. The van der Waals surface area contributed by atoms with Gasteiger partial charge < -0.3 is 5.11 Å². The number of phenolic OH excluding ortho intramolecular Hbond substituents is 1. The molecule has 0 aromatic heterocycles. The first-order valence-corrected chi connectivity index (χ1v) is 3.22. The van der Waals surface area contributed by atoms with Crippen LogP contribution in [0.15, 0.2) is 36.9 Å². The van der Waals surface area contributed by atoms with E-state index in [-0.39, 0.29) is 25.9 Å². The summed E-state index contributed by atoms with van der Waals surface area (Å²) in [6, 6.07) is 7.27. The Bertz CT molecular complexity index is 238. The van der Waals surface area contributed by atoms with Crippen LogP contribution in [0.3, 0.4) is 0 Å². The predicted octanol–water partition coefficient (Wildman–Crippen LogP) is 2.66. The first-order chi connectivity index (χ1) is 4.84. The van der Waals surface area contributed by atoms with Crippen LogP contribution in [0.1, 0.15) is 5.56 Å². The minimum atomic E-state index is 0. The quantitative estimate of drug-likeness (QED) is 0.735. The third-order valence-electron chi connectivity index (χ3n) is 1.36. The van der Waals surface area contributed by atoms with Gasteiger partial charge in [-0.1, -0.05) is 24.3 Å². The van der Waals surface area contributed by atoms with Crippen LogP contribution in [0.4, 0.5) is 0 Å². The van der Waals surface area contributed by atoms with Crippen molar-refractivity contribution in [3.05, 3.63) is 42.5 Å². The van der Waals surface area contributed by atoms with Crippen molar-refractivity contribution in [2.75, 3.05) is 0 Å². The standard InChI is InChI=1S/C9H10O.ClH.H2S/c1-2-5-8-6-3-4-7-9(8)10;;/h2-4,6-7,10H,1,5H2;1H;1H2. The number of rotatable bonds is 2. The number of halogens is 1. The smallest absolute Gasteiger partial charge is 0.119 e. The normalized spacial score (nSPS) is 7.67. The SMILES string of the molecule is C=CCc1ccccc1O.Cl.S. The number of phenols is 1. The molecule has 1 rings (SSSR count). The number of hydrogen-bond acceptors (Lipinski definition) is 1. The summed E-state index contributed by atoms with van der Waals surface area (Å²) in [6.45, 7) is 3.59. The van der Waals surface area contributed by atoms with Gasteiger partial charge in [-0.2, -0.15) is 13.5 Å². The van der Waals surface area contributed by atoms with Crippen molar-refractivity contribution < 1.29 is 5.11 Å². The maximum atomic E-state index is 9.19. The van der Waals surface area contributed by atoms with Gasteiger partial charge in [0, 0.05) is 0 Å². The van der Waals surface area contributed by atoms with Crippen molar-refractivity contribution in [2.45, 2.75) is 6.42 Å². The summed E-state index contributed by atoms with van der Waals surface area (Å²) in [5, 5.41) is 9.19. The first kappa shape index (κ1) is 14.0.